The van der Waals surface area contributed by atoms with E-state index in [2.05, 4.69) is 18.7 Å². The van der Waals surface area contributed by atoms with Crippen molar-refractivity contribution in [2.45, 2.75) is 26.3 Å². The second-order valence-electron chi connectivity index (χ2n) is 7.47. The summed E-state index contributed by atoms with van der Waals surface area (Å²) in [5.74, 6) is -2.33. The second kappa shape index (κ2) is 9.75. The fraction of sp³-hybridized carbons (Fsp3) is 0.333. The molecule has 6 nitrogen and oxygen atoms in total. The zero-order valence-corrected chi connectivity index (χ0v) is 17.7. The van der Waals surface area contributed by atoms with Crippen LogP contribution in [0.3, 0.4) is 0 Å². The van der Waals surface area contributed by atoms with Crippen LogP contribution in [0.15, 0.2) is 54.1 Å². The highest BCUT2D eigenvalue weighted by molar-refractivity contribution is 6.46. The van der Waals surface area contributed by atoms with Gasteiger partial charge in [-0.3, -0.25) is 9.59 Å². The number of phenols is 1. The molecular formula is C24H27FN2O4. The summed E-state index contributed by atoms with van der Waals surface area (Å²) in [6, 6.07) is 10.5. The standard InChI is InChI=1S/C24H27FN2O4/c1-3-26(4-2)13-6-14-27-21(17-7-5-8-19(28)15-17)20(23(30)24(27)31)22(29)16-9-11-18(25)12-10-16/h5,7-12,15,21,28-29H,3-4,6,13-14H2,1-2H3/b22-20+. The SMILES string of the molecule is CCN(CC)CCCN1C(=O)C(=O)/C(=C(/O)c2ccc(F)cc2)C1c1cccc(O)c1. The first-order valence-corrected chi connectivity index (χ1v) is 10.4. The van der Waals surface area contributed by atoms with Gasteiger partial charge in [-0.05, 0) is 68.0 Å². The predicted molar refractivity (Wildman–Crippen MR) is 116 cm³/mol. The van der Waals surface area contributed by atoms with Gasteiger partial charge in [-0.2, -0.15) is 0 Å². The number of carbonyl (C=O) groups is 2. The number of likely N-dealkylation sites (tertiary alicyclic amines) is 1. The highest BCUT2D eigenvalue weighted by Gasteiger charge is 2.45. The average Bonchev–Trinajstić information content (AvgIpc) is 3.01. The van der Waals surface area contributed by atoms with Gasteiger partial charge in [0.2, 0.25) is 0 Å². The van der Waals surface area contributed by atoms with E-state index in [9.17, 15) is 24.2 Å². The molecule has 3 rings (SSSR count). The molecule has 2 aromatic rings. The summed E-state index contributed by atoms with van der Waals surface area (Å²) in [6.45, 7) is 6.98. The van der Waals surface area contributed by atoms with Crippen LogP contribution < -0.4 is 0 Å². The summed E-state index contributed by atoms with van der Waals surface area (Å²) in [6.07, 6.45) is 0.653. The van der Waals surface area contributed by atoms with E-state index in [1.54, 1.807) is 12.1 Å². The van der Waals surface area contributed by atoms with E-state index in [-0.39, 0.29) is 22.6 Å². The van der Waals surface area contributed by atoms with Gasteiger partial charge in [0.1, 0.15) is 17.3 Å². The van der Waals surface area contributed by atoms with Crippen molar-refractivity contribution in [3.63, 3.8) is 0 Å². The topological polar surface area (TPSA) is 81.1 Å². The molecule has 0 spiro atoms. The number of phenolic OH excluding ortho intramolecular Hbond substituents is 1. The molecular weight excluding hydrogens is 399 g/mol. The zero-order chi connectivity index (χ0) is 22.5. The van der Waals surface area contributed by atoms with Gasteiger partial charge in [-0.15, -0.1) is 0 Å². The first-order chi connectivity index (χ1) is 14.9. The Balaban J connectivity index is 2.02. The molecule has 1 heterocycles. The Hall–Kier alpha value is -3.19. The molecule has 1 aliphatic rings. The van der Waals surface area contributed by atoms with Crippen LogP contribution in [0.1, 0.15) is 37.4 Å². The number of amides is 1. The molecule has 7 heteroatoms. The molecule has 1 saturated heterocycles. The van der Waals surface area contributed by atoms with E-state index in [1.165, 1.54) is 41.3 Å². The fourth-order valence-electron chi connectivity index (χ4n) is 3.92. The first kappa shape index (κ1) is 22.5. The fourth-order valence-corrected chi connectivity index (χ4v) is 3.92. The van der Waals surface area contributed by atoms with E-state index >= 15 is 0 Å². The van der Waals surface area contributed by atoms with Crippen molar-refractivity contribution in [1.29, 1.82) is 0 Å². The van der Waals surface area contributed by atoms with Crippen molar-refractivity contribution in [2.75, 3.05) is 26.2 Å². The van der Waals surface area contributed by atoms with Gasteiger partial charge < -0.3 is 20.0 Å². The maximum absolute atomic E-state index is 13.3. The molecule has 0 saturated carbocycles. The number of rotatable bonds is 8. The normalized spacial score (nSPS) is 18.2. The van der Waals surface area contributed by atoms with E-state index in [0.717, 1.165) is 19.6 Å². The summed E-state index contributed by atoms with van der Waals surface area (Å²) in [5, 5.41) is 20.9. The van der Waals surface area contributed by atoms with Gasteiger partial charge in [0.05, 0.1) is 11.6 Å². The molecule has 2 N–H and O–H groups in total. The lowest BCUT2D eigenvalue weighted by atomic mass is 9.95. The third kappa shape index (κ3) is 4.77. The van der Waals surface area contributed by atoms with Crippen LogP contribution in [-0.4, -0.2) is 57.9 Å². The number of aromatic hydroxyl groups is 1. The predicted octanol–water partition coefficient (Wildman–Crippen LogP) is 3.68. The highest BCUT2D eigenvalue weighted by atomic mass is 19.1. The number of aliphatic hydroxyl groups is 1. The molecule has 0 bridgehead atoms. The molecule has 1 unspecified atom stereocenters. The van der Waals surface area contributed by atoms with Gasteiger partial charge in [0, 0.05) is 12.1 Å². The maximum Gasteiger partial charge on any atom is 0.295 e. The van der Waals surface area contributed by atoms with Gasteiger partial charge in [0.25, 0.3) is 11.7 Å². The van der Waals surface area contributed by atoms with Crippen LogP contribution >= 0.6 is 0 Å². The minimum atomic E-state index is -0.839. The number of halogens is 1. The van der Waals surface area contributed by atoms with Gasteiger partial charge in [0.15, 0.2) is 0 Å². The molecule has 1 amide bonds. The maximum atomic E-state index is 13.3. The van der Waals surface area contributed by atoms with Crippen LogP contribution in [0.2, 0.25) is 0 Å². The Kier molecular flexibility index (Phi) is 7.07. The van der Waals surface area contributed by atoms with Crippen molar-refractivity contribution in [3.8, 4) is 5.75 Å². The lowest BCUT2D eigenvalue weighted by Crippen LogP contribution is -2.33. The molecule has 2 aromatic carbocycles. The van der Waals surface area contributed by atoms with Crippen molar-refractivity contribution in [2.24, 2.45) is 0 Å². The van der Waals surface area contributed by atoms with E-state index in [1.807, 2.05) is 0 Å². The zero-order valence-electron chi connectivity index (χ0n) is 17.7. The number of hydrogen-bond acceptors (Lipinski definition) is 5. The molecule has 1 fully saturated rings. The molecule has 1 atom stereocenters. The molecule has 1 aliphatic heterocycles. The van der Waals surface area contributed by atoms with Gasteiger partial charge in [-0.25, -0.2) is 4.39 Å². The molecule has 0 aliphatic carbocycles. The Morgan fingerprint density at radius 1 is 1.10 bits per heavy atom. The number of hydrogen-bond donors (Lipinski definition) is 2. The highest BCUT2D eigenvalue weighted by Crippen LogP contribution is 2.40. The van der Waals surface area contributed by atoms with Crippen LogP contribution in [0.25, 0.3) is 5.76 Å². The molecule has 0 radical (unpaired) electrons. The monoisotopic (exact) mass is 426 g/mol. The number of benzene rings is 2. The van der Waals surface area contributed by atoms with Crippen LogP contribution in [0.4, 0.5) is 4.39 Å². The van der Waals surface area contributed by atoms with Crippen LogP contribution in [-0.2, 0) is 9.59 Å². The van der Waals surface area contributed by atoms with Crippen molar-refractivity contribution >= 4 is 17.4 Å². The molecule has 164 valence electrons. The van der Waals surface area contributed by atoms with E-state index in [0.29, 0.717) is 18.5 Å². The summed E-state index contributed by atoms with van der Waals surface area (Å²) >= 11 is 0. The summed E-state index contributed by atoms with van der Waals surface area (Å²) in [7, 11) is 0. The third-order valence-electron chi connectivity index (χ3n) is 5.61. The molecule has 31 heavy (non-hydrogen) atoms. The van der Waals surface area contributed by atoms with E-state index < -0.39 is 23.5 Å². The van der Waals surface area contributed by atoms with Crippen LogP contribution in [0, 0.1) is 5.82 Å². The first-order valence-electron chi connectivity index (χ1n) is 10.4. The largest absolute Gasteiger partial charge is 0.508 e. The third-order valence-corrected chi connectivity index (χ3v) is 5.61. The smallest absolute Gasteiger partial charge is 0.295 e. The van der Waals surface area contributed by atoms with Crippen molar-refractivity contribution in [1.82, 2.24) is 9.80 Å². The minimum absolute atomic E-state index is 0.00647. The Morgan fingerprint density at radius 3 is 2.39 bits per heavy atom. The molecule has 0 aromatic heterocycles. The lowest BCUT2D eigenvalue weighted by Gasteiger charge is -2.26. The summed E-state index contributed by atoms with van der Waals surface area (Å²) in [4.78, 5) is 29.5. The van der Waals surface area contributed by atoms with E-state index in [4.69, 9.17) is 0 Å². The van der Waals surface area contributed by atoms with Crippen LogP contribution in [0.5, 0.6) is 5.75 Å². The van der Waals surface area contributed by atoms with Gasteiger partial charge >= 0.3 is 0 Å². The number of Topliss-reactive ketones (excluding diaryl/α,β-unsaturated/α-hetero) is 1. The number of aliphatic hydroxyl groups excluding tert-OH is 1. The quantitative estimate of drug-likeness (QED) is 0.382. The van der Waals surface area contributed by atoms with Crippen molar-refractivity contribution < 1.29 is 24.2 Å². The second-order valence-corrected chi connectivity index (χ2v) is 7.47. The Bertz CT molecular complexity index is 983. The average molecular weight is 426 g/mol. The Labute approximate surface area is 181 Å². The van der Waals surface area contributed by atoms with Gasteiger partial charge in [-0.1, -0.05) is 26.0 Å². The lowest BCUT2D eigenvalue weighted by molar-refractivity contribution is -0.140. The van der Waals surface area contributed by atoms with Crippen molar-refractivity contribution in [3.05, 3.63) is 71.0 Å². The Morgan fingerprint density at radius 2 is 1.77 bits per heavy atom. The number of ketones is 1. The summed E-state index contributed by atoms with van der Waals surface area (Å²) in [5.41, 5.74) is 0.698. The number of carbonyl (C=O) groups excluding carboxylic acids is 2. The number of nitrogens with zero attached hydrogens (tertiary/aromatic N) is 2. The summed E-state index contributed by atoms with van der Waals surface area (Å²) < 4.78 is 13.3. The minimum Gasteiger partial charge on any atom is -0.508 e.